The van der Waals surface area contributed by atoms with Gasteiger partial charge in [-0.2, -0.15) is 8.78 Å². The fourth-order valence-electron chi connectivity index (χ4n) is 2.83. The van der Waals surface area contributed by atoms with Gasteiger partial charge in [0.05, 0.1) is 17.3 Å². The molecule has 8 heteroatoms. The first kappa shape index (κ1) is 19.0. The number of rotatable bonds is 5. The summed E-state index contributed by atoms with van der Waals surface area (Å²) in [6.07, 6.45) is 1.42. The van der Waals surface area contributed by atoms with Crippen LogP contribution in [0.4, 0.5) is 8.78 Å². The van der Waals surface area contributed by atoms with E-state index in [0.29, 0.717) is 5.56 Å². The van der Waals surface area contributed by atoms with Gasteiger partial charge in [-0.1, -0.05) is 18.2 Å². The molecular formula is C19H16F2O5S. The van der Waals surface area contributed by atoms with E-state index in [0.717, 1.165) is 0 Å². The average Bonchev–Trinajstić information content (AvgIpc) is 2.61. The smallest absolute Gasteiger partial charge is 0.387 e. The van der Waals surface area contributed by atoms with Crippen LogP contribution in [0, 0.1) is 0 Å². The second kappa shape index (κ2) is 7.48. The van der Waals surface area contributed by atoms with Crippen molar-refractivity contribution >= 4 is 21.7 Å². The molecule has 3 rings (SSSR count). The van der Waals surface area contributed by atoms with Crippen LogP contribution in [0.25, 0.3) is 6.08 Å². The highest BCUT2D eigenvalue weighted by molar-refractivity contribution is 7.91. The Balaban J connectivity index is 2.02. The molecule has 27 heavy (non-hydrogen) atoms. The van der Waals surface area contributed by atoms with Gasteiger partial charge in [-0.15, -0.1) is 0 Å². The topological polar surface area (TPSA) is 69.7 Å². The van der Waals surface area contributed by atoms with Crippen molar-refractivity contribution in [1.82, 2.24) is 0 Å². The minimum atomic E-state index is -3.63. The Morgan fingerprint density at radius 1 is 1.15 bits per heavy atom. The van der Waals surface area contributed by atoms with Crippen LogP contribution in [0.5, 0.6) is 11.5 Å². The summed E-state index contributed by atoms with van der Waals surface area (Å²) < 4.78 is 59.6. The standard InChI is InChI=1S/C19H16F2O5S/c1-2-25-16-10-12(7-8-15(16)26-19(20)21)9-13-11-27(23,24)17-6-4-3-5-14(17)18(13)22/h3-10,19H,2,11H2,1H3/b13-9-. The maximum atomic E-state index is 12.6. The lowest BCUT2D eigenvalue weighted by Gasteiger charge is -2.18. The fourth-order valence-corrected chi connectivity index (χ4v) is 4.39. The van der Waals surface area contributed by atoms with Gasteiger partial charge in [0, 0.05) is 11.1 Å². The Morgan fingerprint density at radius 3 is 2.59 bits per heavy atom. The summed E-state index contributed by atoms with van der Waals surface area (Å²) in [6, 6.07) is 10.2. The molecule has 0 bridgehead atoms. The van der Waals surface area contributed by atoms with Crippen molar-refractivity contribution in [3.8, 4) is 11.5 Å². The highest BCUT2D eigenvalue weighted by Gasteiger charge is 2.32. The van der Waals surface area contributed by atoms with Crippen molar-refractivity contribution in [2.45, 2.75) is 18.4 Å². The van der Waals surface area contributed by atoms with E-state index in [9.17, 15) is 22.0 Å². The first-order chi connectivity index (χ1) is 12.8. The van der Waals surface area contributed by atoms with Gasteiger partial charge < -0.3 is 9.47 Å². The monoisotopic (exact) mass is 394 g/mol. The zero-order valence-corrected chi connectivity index (χ0v) is 15.1. The van der Waals surface area contributed by atoms with Gasteiger partial charge >= 0.3 is 6.61 Å². The summed E-state index contributed by atoms with van der Waals surface area (Å²) in [5.41, 5.74) is 0.661. The molecule has 2 aromatic carbocycles. The number of alkyl halides is 2. The van der Waals surface area contributed by atoms with E-state index in [1.165, 1.54) is 36.4 Å². The van der Waals surface area contributed by atoms with Crippen molar-refractivity contribution < 1.29 is 31.5 Å². The molecule has 0 fully saturated rings. The number of hydrogen-bond donors (Lipinski definition) is 0. The molecule has 0 spiro atoms. The van der Waals surface area contributed by atoms with Crippen LogP contribution in [0.15, 0.2) is 52.9 Å². The van der Waals surface area contributed by atoms with Crippen LogP contribution < -0.4 is 9.47 Å². The van der Waals surface area contributed by atoms with Gasteiger partial charge in [-0.05, 0) is 42.8 Å². The molecule has 142 valence electrons. The maximum Gasteiger partial charge on any atom is 0.387 e. The van der Waals surface area contributed by atoms with Crippen molar-refractivity contribution in [3.63, 3.8) is 0 Å². The molecule has 2 aromatic rings. The number of Topliss-reactive ketones (excluding diaryl/α,β-unsaturated/α-hetero) is 1. The fraction of sp³-hybridized carbons (Fsp3) is 0.211. The predicted molar refractivity (Wildman–Crippen MR) is 95.0 cm³/mol. The van der Waals surface area contributed by atoms with E-state index in [-0.39, 0.29) is 39.9 Å². The maximum absolute atomic E-state index is 12.6. The number of carbonyl (C=O) groups excluding carboxylic acids is 1. The lowest BCUT2D eigenvalue weighted by molar-refractivity contribution is -0.0514. The van der Waals surface area contributed by atoms with Gasteiger partial charge in [0.2, 0.25) is 0 Å². The SMILES string of the molecule is CCOc1cc(/C=C2/CS(=O)(=O)c3ccccc3C2=O)ccc1OC(F)F. The van der Waals surface area contributed by atoms with E-state index in [4.69, 9.17) is 4.74 Å². The normalized spacial score (nSPS) is 17.0. The minimum absolute atomic E-state index is 0.0165. The first-order valence-electron chi connectivity index (χ1n) is 8.10. The molecule has 1 heterocycles. The van der Waals surface area contributed by atoms with Crippen LogP contribution in [0.2, 0.25) is 0 Å². The first-order valence-corrected chi connectivity index (χ1v) is 9.75. The van der Waals surface area contributed by atoms with Gasteiger partial charge in [0.1, 0.15) is 0 Å². The molecule has 0 amide bonds. The minimum Gasteiger partial charge on any atom is -0.490 e. The zero-order valence-electron chi connectivity index (χ0n) is 14.3. The zero-order chi connectivity index (χ0) is 19.6. The molecule has 0 aliphatic carbocycles. The Kier molecular flexibility index (Phi) is 5.27. The number of ether oxygens (including phenoxy) is 2. The van der Waals surface area contributed by atoms with Crippen LogP contribution in [0.3, 0.4) is 0 Å². The Morgan fingerprint density at radius 2 is 1.89 bits per heavy atom. The van der Waals surface area contributed by atoms with Crippen molar-refractivity contribution in [2.75, 3.05) is 12.4 Å². The number of halogens is 2. The van der Waals surface area contributed by atoms with Gasteiger partial charge in [0.25, 0.3) is 0 Å². The Labute approximate surface area is 155 Å². The van der Waals surface area contributed by atoms with E-state index in [1.54, 1.807) is 19.1 Å². The van der Waals surface area contributed by atoms with Gasteiger partial charge in [-0.3, -0.25) is 4.79 Å². The number of sulfone groups is 1. The van der Waals surface area contributed by atoms with Crippen molar-refractivity contribution in [2.24, 2.45) is 0 Å². The highest BCUT2D eigenvalue weighted by Crippen LogP contribution is 2.33. The predicted octanol–water partition coefficient (Wildman–Crippen LogP) is 3.74. The van der Waals surface area contributed by atoms with Gasteiger partial charge in [0.15, 0.2) is 27.1 Å². The molecule has 1 aliphatic rings. The van der Waals surface area contributed by atoms with Crippen LogP contribution in [-0.4, -0.2) is 33.2 Å². The number of fused-ring (bicyclic) bond motifs is 1. The number of hydrogen-bond acceptors (Lipinski definition) is 5. The van der Waals surface area contributed by atoms with E-state index < -0.39 is 22.2 Å². The van der Waals surface area contributed by atoms with Crippen LogP contribution >= 0.6 is 0 Å². The molecule has 0 N–H and O–H groups in total. The van der Waals surface area contributed by atoms with Crippen LogP contribution in [0.1, 0.15) is 22.8 Å². The summed E-state index contributed by atoms with van der Waals surface area (Å²) in [5, 5.41) is 0. The third-order valence-corrected chi connectivity index (χ3v) is 5.65. The second-order valence-corrected chi connectivity index (χ2v) is 7.73. The number of ketones is 1. The lowest BCUT2D eigenvalue weighted by atomic mass is 10.0. The molecule has 5 nitrogen and oxygen atoms in total. The summed E-state index contributed by atoms with van der Waals surface area (Å²) >= 11 is 0. The molecule has 0 unspecified atom stereocenters. The summed E-state index contributed by atoms with van der Waals surface area (Å²) in [5.74, 6) is -0.867. The van der Waals surface area contributed by atoms with Crippen LogP contribution in [-0.2, 0) is 9.84 Å². The molecule has 0 aromatic heterocycles. The quantitative estimate of drug-likeness (QED) is 0.723. The summed E-state index contributed by atoms with van der Waals surface area (Å²) in [7, 11) is -3.63. The lowest BCUT2D eigenvalue weighted by Crippen LogP contribution is -2.24. The van der Waals surface area contributed by atoms with E-state index >= 15 is 0 Å². The van der Waals surface area contributed by atoms with E-state index in [1.807, 2.05) is 0 Å². The van der Waals surface area contributed by atoms with Crippen molar-refractivity contribution in [3.05, 3.63) is 59.2 Å². The number of benzene rings is 2. The summed E-state index contributed by atoms with van der Waals surface area (Å²) in [6.45, 7) is -1.10. The molecule has 0 atom stereocenters. The third-order valence-electron chi connectivity index (χ3n) is 3.93. The largest absolute Gasteiger partial charge is 0.490 e. The van der Waals surface area contributed by atoms with E-state index in [2.05, 4.69) is 4.74 Å². The highest BCUT2D eigenvalue weighted by atomic mass is 32.2. The second-order valence-electron chi connectivity index (χ2n) is 5.77. The van der Waals surface area contributed by atoms with Gasteiger partial charge in [-0.25, -0.2) is 8.42 Å². The molecular weight excluding hydrogens is 378 g/mol. The summed E-state index contributed by atoms with van der Waals surface area (Å²) in [4.78, 5) is 12.7. The average molecular weight is 394 g/mol. The number of carbonyl (C=O) groups is 1. The molecule has 0 saturated carbocycles. The Hall–Kier alpha value is -2.74. The van der Waals surface area contributed by atoms with Crippen molar-refractivity contribution in [1.29, 1.82) is 0 Å². The molecule has 0 saturated heterocycles. The Bertz CT molecular complexity index is 1010. The third kappa shape index (κ3) is 4.00. The molecule has 0 radical (unpaired) electrons. The molecule has 1 aliphatic heterocycles.